The molecule has 2 rings (SSSR count). The molecule has 0 amide bonds. The van der Waals surface area contributed by atoms with Gasteiger partial charge in [-0.3, -0.25) is 0 Å². The standard InChI is InChI=1S/C14H18N2O/c1-10-7-5-6-8-11(10)13-15-12(17-16-13)9-14(2,3)4/h5-8H,9H2,1-4H3. The fourth-order valence-corrected chi connectivity index (χ4v) is 1.71. The van der Waals surface area contributed by atoms with Gasteiger partial charge in [0.1, 0.15) is 0 Å². The molecule has 0 saturated carbocycles. The first-order valence-corrected chi connectivity index (χ1v) is 5.84. The monoisotopic (exact) mass is 230 g/mol. The average molecular weight is 230 g/mol. The second-order valence-electron chi connectivity index (χ2n) is 5.56. The lowest BCUT2D eigenvalue weighted by atomic mass is 9.92. The summed E-state index contributed by atoms with van der Waals surface area (Å²) in [6, 6.07) is 8.06. The minimum Gasteiger partial charge on any atom is -0.339 e. The molecule has 2 aromatic rings. The van der Waals surface area contributed by atoms with Crippen molar-refractivity contribution in [3.8, 4) is 11.4 Å². The molecule has 0 atom stereocenters. The van der Waals surface area contributed by atoms with Crippen LogP contribution in [0.4, 0.5) is 0 Å². The van der Waals surface area contributed by atoms with Gasteiger partial charge in [-0.15, -0.1) is 0 Å². The van der Waals surface area contributed by atoms with Gasteiger partial charge in [0.15, 0.2) is 0 Å². The lowest BCUT2D eigenvalue weighted by Gasteiger charge is -2.13. The zero-order valence-electron chi connectivity index (χ0n) is 10.8. The Balaban J connectivity index is 2.28. The molecule has 17 heavy (non-hydrogen) atoms. The number of rotatable bonds is 2. The maximum atomic E-state index is 5.29. The van der Waals surface area contributed by atoms with Gasteiger partial charge in [0.2, 0.25) is 11.7 Å². The molecule has 1 heterocycles. The van der Waals surface area contributed by atoms with Gasteiger partial charge in [0, 0.05) is 12.0 Å². The predicted octanol–water partition coefficient (Wildman–Crippen LogP) is 3.63. The average Bonchev–Trinajstić information content (AvgIpc) is 2.64. The van der Waals surface area contributed by atoms with Crippen LogP contribution in [-0.2, 0) is 6.42 Å². The molecule has 1 aromatic heterocycles. The van der Waals surface area contributed by atoms with Gasteiger partial charge in [-0.05, 0) is 17.9 Å². The van der Waals surface area contributed by atoms with E-state index in [9.17, 15) is 0 Å². The lowest BCUT2D eigenvalue weighted by molar-refractivity contribution is 0.314. The molecule has 0 radical (unpaired) electrons. The topological polar surface area (TPSA) is 38.9 Å². The van der Waals surface area contributed by atoms with E-state index in [0.717, 1.165) is 17.5 Å². The summed E-state index contributed by atoms with van der Waals surface area (Å²) < 4.78 is 5.29. The quantitative estimate of drug-likeness (QED) is 0.790. The van der Waals surface area contributed by atoms with E-state index < -0.39 is 0 Å². The van der Waals surface area contributed by atoms with Gasteiger partial charge in [-0.25, -0.2) is 0 Å². The maximum absolute atomic E-state index is 5.29. The first-order chi connectivity index (χ1) is 7.96. The van der Waals surface area contributed by atoms with Gasteiger partial charge in [-0.2, -0.15) is 4.98 Å². The van der Waals surface area contributed by atoms with Crippen LogP contribution in [0.15, 0.2) is 28.8 Å². The van der Waals surface area contributed by atoms with Gasteiger partial charge < -0.3 is 4.52 Å². The van der Waals surface area contributed by atoms with Gasteiger partial charge >= 0.3 is 0 Å². The molecule has 90 valence electrons. The van der Waals surface area contributed by atoms with Crippen LogP contribution >= 0.6 is 0 Å². The molecule has 3 heteroatoms. The molecule has 0 spiro atoms. The summed E-state index contributed by atoms with van der Waals surface area (Å²) in [6.45, 7) is 8.52. The van der Waals surface area contributed by atoms with Crippen LogP contribution in [0.5, 0.6) is 0 Å². The molecule has 0 aliphatic carbocycles. The first kappa shape index (κ1) is 11.8. The Morgan fingerprint density at radius 2 is 1.88 bits per heavy atom. The zero-order chi connectivity index (χ0) is 12.5. The van der Waals surface area contributed by atoms with Crippen LogP contribution < -0.4 is 0 Å². The third-order valence-electron chi connectivity index (χ3n) is 2.54. The normalized spacial score (nSPS) is 11.8. The highest BCUT2D eigenvalue weighted by Gasteiger charge is 2.17. The highest BCUT2D eigenvalue weighted by atomic mass is 16.5. The second kappa shape index (κ2) is 4.32. The summed E-state index contributed by atoms with van der Waals surface area (Å²) in [5.74, 6) is 1.39. The number of benzene rings is 1. The summed E-state index contributed by atoms with van der Waals surface area (Å²) in [5.41, 5.74) is 2.36. The van der Waals surface area contributed by atoms with Gasteiger partial charge in [0.25, 0.3) is 0 Å². The number of nitrogens with zero attached hydrogens (tertiary/aromatic N) is 2. The molecule has 0 N–H and O–H groups in total. The van der Waals surface area contributed by atoms with E-state index in [4.69, 9.17) is 4.52 Å². The molecule has 3 nitrogen and oxygen atoms in total. The van der Waals surface area contributed by atoms with Crippen molar-refractivity contribution in [3.63, 3.8) is 0 Å². The van der Waals surface area contributed by atoms with Crippen molar-refractivity contribution in [1.82, 2.24) is 10.1 Å². The summed E-state index contributed by atoms with van der Waals surface area (Å²) in [4.78, 5) is 4.45. The summed E-state index contributed by atoms with van der Waals surface area (Å²) in [7, 11) is 0. The van der Waals surface area contributed by atoms with Crippen molar-refractivity contribution in [3.05, 3.63) is 35.7 Å². The van der Waals surface area contributed by atoms with Crippen LogP contribution in [0, 0.1) is 12.3 Å². The van der Waals surface area contributed by atoms with Crippen LogP contribution in [0.2, 0.25) is 0 Å². The fourth-order valence-electron chi connectivity index (χ4n) is 1.71. The fraction of sp³-hybridized carbons (Fsp3) is 0.429. The van der Waals surface area contributed by atoms with Crippen LogP contribution in [0.3, 0.4) is 0 Å². The Kier molecular flexibility index (Phi) is 3.01. The molecular weight excluding hydrogens is 212 g/mol. The molecule has 0 aliphatic rings. The van der Waals surface area contributed by atoms with E-state index in [0.29, 0.717) is 11.7 Å². The number of aryl methyl sites for hydroxylation is 1. The predicted molar refractivity (Wildman–Crippen MR) is 67.6 cm³/mol. The number of hydrogen-bond acceptors (Lipinski definition) is 3. The van der Waals surface area contributed by atoms with Crippen molar-refractivity contribution < 1.29 is 4.52 Å². The Hall–Kier alpha value is -1.64. The molecule has 0 fully saturated rings. The van der Waals surface area contributed by atoms with E-state index in [-0.39, 0.29) is 5.41 Å². The van der Waals surface area contributed by atoms with Crippen LogP contribution in [0.1, 0.15) is 32.2 Å². The second-order valence-corrected chi connectivity index (χ2v) is 5.56. The highest BCUT2D eigenvalue weighted by Crippen LogP contribution is 2.23. The van der Waals surface area contributed by atoms with Crippen LogP contribution in [-0.4, -0.2) is 10.1 Å². The van der Waals surface area contributed by atoms with Crippen molar-refractivity contribution >= 4 is 0 Å². The third kappa shape index (κ3) is 2.93. The number of hydrogen-bond donors (Lipinski definition) is 0. The Morgan fingerprint density at radius 3 is 2.53 bits per heavy atom. The zero-order valence-corrected chi connectivity index (χ0v) is 10.8. The van der Waals surface area contributed by atoms with E-state index in [1.54, 1.807) is 0 Å². The van der Waals surface area contributed by atoms with E-state index in [1.807, 2.05) is 18.2 Å². The molecule has 0 saturated heterocycles. The minimum absolute atomic E-state index is 0.162. The summed E-state index contributed by atoms with van der Waals surface area (Å²) >= 11 is 0. The highest BCUT2D eigenvalue weighted by molar-refractivity contribution is 5.58. The first-order valence-electron chi connectivity index (χ1n) is 5.84. The van der Waals surface area contributed by atoms with Crippen LogP contribution in [0.25, 0.3) is 11.4 Å². The minimum atomic E-state index is 0.162. The smallest absolute Gasteiger partial charge is 0.227 e. The molecule has 1 aromatic carbocycles. The molecule has 0 bridgehead atoms. The van der Waals surface area contributed by atoms with Gasteiger partial charge in [-0.1, -0.05) is 50.2 Å². The Labute approximate surface area is 102 Å². The number of aromatic nitrogens is 2. The molecule has 0 aliphatic heterocycles. The SMILES string of the molecule is Cc1ccccc1-c1noc(CC(C)(C)C)n1. The molecular formula is C14H18N2O. The van der Waals surface area contributed by atoms with Crippen molar-refractivity contribution in [2.24, 2.45) is 5.41 Å². The lowest BCUT2D eigenvalue weighted by Crippen LogP contribution is -2.09. The summed E-state index contributed by atoms with van der Waals surface area (Å²) in [6.07, 6.45) is 0.798. The van der Waals surface area contributed by atoms with E-state index >= 15 is 0 Å². The van der Waals surface area contributed by atoms with E-state index in [2.05, 4.69) is 43.9 Å². The summed E-state index contributed by atoms with van der Waals surface area (Å²) in [5, 5.41) is 4.05. The third-order valence-corrected chi connectivity index (χ3v) is 2.54. The van der Waals surface area contributed by atoms with Crippen molar-refractivity contribution in [1.29, 1.82) is 0 Å². The van der Waals surface area contributed by atoms with E-state index in [1.165, 1.54) is 0 Å². The Bertz CT molecular complexity index is 509. The Morgan fingerprint density at radius 1 is 1.18 bits per heavy atom. The van der Waals surface area contributed by atoms with Crippen molar-refractivity contribution in [2.75, 3.05) is 0 Å². The largest absolute Gasteiger partial charge is 0.339 e. The van der Waals surface area contributed by atoms with Gasteiger partial charge in [0.05, 0.1) is 0 Å². The molecule has 0 unspecified atom stereocenters. The maximum Gasteiger partial charge on any atom is 0.227 e. The van der Waals surface area contributed by atoms with Crippen molar-refractivity contribution in [2.45, 2.75) is 34.1 Å².